The number of nitrogens with zero attached hydrogens (tertiary/aromatic N) is 2. The SMILES string of the molecule is Cc1ccnn1-c1ccc(C(=O)OC(C)C(=O)Nc2cc(F)ccc2F)cc1. The summed E-state index contributed by atoms with van der Waals surface area (Å²) < 4.78 is 33.6. The molecule has 0 aliphatic carbocycles. The number of rotatable bonds is 5. The fourth-order valence-electron chi connectivity index (χ4n) is 2.49. The van der Waals surface area contributed by atoms with Crippen molar-refractivity contribution < 1.29 is 23.1 Å². The van der Waals surface area contributed by atoms with E-state index in [1.807, 2.05) is 13.0 Å². The van der Waals surface area contributed by atoms with Crippen LogP contribution in [0.1, 0.15) is 23.0 Å². The van der Waals surface area contributed by atoms with Gasteiger partial charge in [0.2, 0.25) is 0 Å². The first-order chi connectivity index (χ1) is 13.3. The van der Waals surface area contributed by atoms with E-state index in [2.05, 4.69) is 10.4 Å². The summed E-state index contributed by atoms with van der Waals surface area (Å²) in [6.45, 7) is 3.24. The first-order valence-corrected chi connectivity index (χ1v) is 8.43. The van der Waals surface area contributed by atoms with Crippen molar-refractivity contribution in [3.05, 3.63) is 77.6 Å². The molecule has 0 saturated heterocycles. The Morgan fingerprint density at radius 2 is 1.82 bits per heavy atom. The quantitative estimate of drug-likeness (QED) is 0.681. The van der Waals surface area contributed by atoms with Gasteiger partial charge in [-0.25, -0.2) is 18.3 Å². The molecule has 1 heterocycles. The molecule has 0 bridgehead atoms. The predicted molar refractivity (Wildman–Crippen MR) is 98.2 cm³/mol. The number of esters is 1. The summed E-state index contributed by atoms with van der Waals surface area (Å²) in [6.07, 6.45) is 0.461. The van der Waals surface area contributed by atoms with Gasteiger partial charge < -0.3 is 10.1 Å². The normalized spacial score (nSPS) is 11.7. The number of carbonyl (C=O) groups excluding carboxylic acids is 2. The van der Waals surface area contributed by atoms with Crippen molar-refractivity contribution in [1.29, 1.82) is 0 Å². The zero-order valence-electron chi connectivity index (χ0n) is 15.1. The maximum Gasteiger partial charge on any atom is 0.338 e. The summed E-state index contributed by atoms with van der Waals surface area (Å²) in [4.78, 5) is 24.3. The number of halogens is 2. The molecule has 28 heavy (non-hydrogen) atoms. The molecule has 0 fully saturated rings. The minimum Gasteiger partial charge on any atom is -0.449 e. The molecule has 3 rings (SSSR count). The number of hydrogen-bond donors (Lipinski definition) is 1. The Kier molecular flexibility index (Phi) is 5.49. The van der Waals surface area contributed by atoms with Crippen molar-refractivity contribution in [2.24, 2.45) is 0 Å². The van der Waals surface area contributed by atoms with Crippen LogP contribution in [-0.4, -0.2) is 27.8 Å². The first-order valence-electron chi connectivity index (χ1n) is 8.43. The molecule has 1 unspecified atom stereocenters. The average molecular weight is 385 g/mol. The summed E-state index contributed by atoms with van der Waals surface area (Å²) in [5, 5.41) is 6.37. The van der Waals surface area contributed by atoms with Gasteiger partial charge in [0, 0.05) is 18.0 Å². The summed E-state index contributed by atoms with van der Waals surface area (Å²) in [5.41, 5.74) is 1.62. The highest BCUT2D eigenvalue weighted by Gasteiger charge is 2.20. The monoisotopic (exact) mass is 385 g/mol. The molecule has 3 aromatic rings. The van der Waals surface area contributed by atoms with Crippen molar-refractivity contribution in [2.75, 3.05) is 5.32 Å². The smallest absolute Gasteiger partial charge is 0.338 e. The largest absolute Gasteiger partial charge is 0.449 e. The number of ether oxygens (including phenoxy) is 1. The van der Waals surface area contributed by atoms with Gasteiger partial charge in [0.25, 0.3) is 5.91 Å². The molecular weight excluding hydrogens is 368 g/mol. The molecular formula is C20H17F2N3O3. The van der Waals surface area contributed by atoms with Crippen molar-refractivity contribution in [3.63, 3.8) is 0 Å². The van der Waals surface area contributed by atoms with Crippen LogP contribution in [0, 0.1) is 18.6 Å². The Morgan fingerprint density at radius 1 is 1.11 bits per heavy atom. The number of hydrogen-bond acceptors (Lipinski definition) is 4. The molecule has 2 aromatic carbocycles. The molecule has 1 atom stereocenters. The molecule has 6 nitrogen and oxygen atoms in total. The lowest BCUT2D eigenvalue weighted by Crippen LogP contribution is -2.30. The van der Waals surface area contributed by atoms with Gasteiger partial charge >= 0.3 is 5.97 Å². The lowest BCUT2D eigenvalue weighted by molar-refractivity contribution is -0.123. The number of benzene rings is 2. The third kappa shape index (κ3) is 4.22. The number of carbonyl (C=O) groups is 2. The van der Waals surface area contributed by atoms with E-state index in [9.17, 15) is 18.4 Å². The number of amides is 1. The predicted octanol–water partition coefficient (Wildman–Crippen LogP) is 3.64. The van der Waals surface area contributed by atoms with E-state index in [0.717, 1.165) is 29.6 Å². The zero-order valence-corrected chi connectivity index (χ0v) is 15.1. The Labute approximate surface area is 159 Å². The maximum absolute atomic E-state index is 13.6. The molecule has 144 valence electrons. The lowest BCUT2D eigenvalue weighted by Gasteiger charge is -2.14. The van der Waals surface area contributed by atoms with E-state index in [0.29, 0.717) is 0 Å². The van der Waals surface area contributed by atoms with Crippen LogP contribution in [0.15, 0.2) is 54.7 Å². The number of aryl methyl sites for hydroxylation is 1. The van der Waals surface area contributed by atoms with Gasteiger partial charge in [-0.15, -0.1) is 0 Å². The third-order valence-electron chi connectivity index (χ3n) is 4.02. The Balaban J connectivity index is 1.64. The highest BCUT2D eigenvalue weighted by atomic mass is 19.1. The van der Waals surface area contributed by atoms with Crippen molar-refractivity contribution in [1.82, 2.24) is 9.78 Å². The molecule has 0 aliphatic rings. The number of nitrogens with one attached hydrogen (secondary N) is 1. The van der Waals surface area contributed by atoms with Crippen molar-refractivity contribution in [3.8, 4) is 5.69 Å². The molecule has 0 radical (unpaired) electrons. The maximum atomic E-state index is 13.6. The molecule has 8 heteroatoms. The van der Waals surface area contributed by atoms with Gasteiger partial charge in [-0.05, 0) is 56.3 Å². The minimum atomic E-state index is -1.21. The van der Waals surface area contributed by atoms with Crippen LogP contribution in [0.25, 0.3) is 5.69 Å². The summed E-state index contributed by atoms with van der Waals surface area (Å²) in [5.74, 6) is -2.99. The summed E-state index contributed by atoms with van der Waals surface area (Å²) in [6, 6.07) is 11.0. The van der Waals surface area contributed by atoms with Gasteiger partial charge in [-0.2, -0.15) is 5.10 Å². The van der Waals surface area contributed by atoms with Gasteiger partial charge in [-0.3, -0.25) is 4.79 Å². The first kappa shape index (κ1) is 19.2. The van der Waals surface area contributed by atoms with E-state index in [1.165, 1.54) is 6.92 Å². The van der Waals surface area contributed by atoms with E-state index < -0.39 is 29.6 Å². The van der Waals surface area contributed by atoms with Crippen LogP contribution in [0.2, 0.25) is 0 Å². The van der Waals surface area contributed by atoms with E-state index >= 15 is 0 Å². The Hall–Kier alpha value is -3.55. The summed E-state index contributed by atoms with van der Waals surface area (Å²) >= 11 is 0. The molecule has 1 aromatic heterocycles. The van der Waals surface area contributed by atoms with E-state index in [4.69, 9.17) is 4.74 Å². The fraction of sp³-hybridized carbons (Fsp3) is 0.150. The molecule has 1 amide bonds. The van der Waals surface area contributed by atoms with Crippen LogP contribution < -0.4 is 5.32 Å². The highest BCUT2D eigenvalue weighted by molar-refractivity contribution is 5.97. The lowest BCUT2D eigenvalue weighted by atomic mass is 10.2. The van der Waals surface area contributed by atoms with Gasteiger partial charge in [-0.1, -0.05) is 0 Å². The van der Waals surface area contributed by atoms with E-state index in [-0.39, 0.29) is 11.3 Å². The number of aromatic nitrogens is 2. The molecule has 0 saturated carbocycles. The van der Waals surface area contributed by atoms with Crippen LogP contribution in [0.4, 0.5) is 14.5 Å². The molecule has 1 N–H and O–H groups in total. The summed E-state index contributed by atoms with van der Waals surface area (Å²) in [7, 11) is 0. The Morgan fingerprint density at radius 3 is 2.46 bits per heavy atom. The zero-order chi connectivity index (χ0) is 20.3. The second kappa shape index (κ2) is 7.99. The van der Waals surface area contributed by atoms with Crippen LogP contribution in [0.3, 0.4) is 0 Å². The molecule has 0 aliphatic heterocycles. The molecule has 0 spiro atoms. The Bertz CT molecular complexity index is 1020. The highest BCUT2D eigenvalue weighted by Crippen LogP contribution is 2.17. The number of anilines is 1. The van der Waals surface area contributed by atoms with Gasteiger partial charge in [0.1, 0.15) is 11.6 Å². The average Bonchev–Trinajstić information content (AvgIpc) is 3.10. The van der Waals surface area contributed by atoms with Crippen LogP contribution in [0.5, 0.6) is 0 Å². The van der Waals surface area contributed by atoms with Crippen molar-refractivity contribution >= 4 is 17.6 Å². The third-order valence-corrected chi connectivity index (χ3v) is 4.02. The van der Waals surface area contributed by atoms with Gasteiger partial charge in [0.15, 0.2) is 6.10 Å². The standard InChI is InChI=1S/C20H17F2N3O3/c1-12-9-10-23-25(12)16-6-3-14(4-7-16)20(27)28-13(2)19(26)24-18-11-15(21)5-8-17(18)22/h3-11,13H,1-2H3,(H,24,26). The fourth-order valence-corrected chi connectivity index (χ4v) is 2.49. The van der Waals surface area contributed by atoms with Crippen LogP contribution in [-0.2, 0) is 9.53 Å². The second-order valence-corrected chi connectivity index (χ2v) is 6.09. The minimum absolute atomic E-state index is 0.241. The van der Waals surface area contributed by atoms with Crippen LogP contribution >= 0.6 is 0 Å². The van der Waals surface area contributed by atoms with Crippen molar-refractivity contribution in [2.45, 2.75) is 20.0 Å². The van der Waals surface area contributed by atoms with Gasteiger partial charge in [0.05, 0.1) is 16.9 Å². The van der Waals surface area contributed by atoms with E-state index in [1.54, 1.807) is 35.1 Å². The second-order valence-electron chi connectivity index (χ2n) is 6.09. The topological polar surface area (TPSA) is 73.2 Å².